The topological polar surface area (TPSA) is 54.9 Å². The highest BCUT2D eigenvalue weighted by atomic mass is 16.1. The number of amides is 1. The molecule has 98 valence electrons. The Kier molecular flexibility index (Phi) is 3.60. The Hall–Kier alpha value is -2.23. The van der Waals surface area contributed by atoms with Crippen molar-refractivity contribution < 1.29 is 4.79 Å². The minimum atomic E-state index is -0.163. The maximum Gasteiger partial charge on any atom is 0.259 e. The van der Waals surface area contributed by atoms with Gasteiger partial charge in [-0.15, -0.1) is 0 Å². The van der Waals surface area contributed by atoms with Crippen molar-refractivity contribution in [3.63, 3.8) is 0 Å². The minimum Gasteiger partial charge on any atom is -0.322 e. The van der Waals surface area contributed by atoms with Crippen LogP contribution in [0.5, 0.6) is 0 Å². The lowest BCUT2D eigenvalue weighted by molar-refractivity contribution is 0.102. The van der Waals surface area contributed by atoms with E-state index in [0.29, 0.717) is 17.0 Å². The summed E-state index contributed by atoms with van der Waals surface area (Å²) in [5, 5.41) is 2.93. The molecule has 0 aliphatic rings. The molecule has 0 aliphatic heterocycles. The molecule has 0 radical (unpaired) electrons. The summed E-state index contributed by atoms with van der Waals surface area (Å²) in [7, 11) is 0. The lowest BCUT2D eigenvalue weighted by atomic mass is 10.1. The average Bonchev–Trinajstić information content (AvgIpc) is 2.33. The summed E-state index contributed by atoms with van der Waals surface area (Å²) >= 11 is 0. The first-order valence-corrected chi connectivity index (χ1v) is 6.16. The number of hydrogen-bond donors (Lipinski definition) is 1. The van der Waals surface area contributed by atoms with Gasteiger partial charge in [-0.25, -0.2) is 9.97 Å². The highest BCUT2D eigenvalue weighted by Crippen LogP contribution is 2.18. The van der Waals surface area contributed by atoms with Gasteiger partial charge < -0.3 is 5.32 Å². The number of rotatable bonds is 2. The smallest absolute Gasteiger partial charge is 0.259 e. The third-order valence-electron chi connectivity index (χ3n) is 3.09. The van der Waals surface area contributed by atoms with E-state index in [9.17, 15) is 4.79 Å². The number of anilines is 1. The fourth-order valence-corrected chi connectivity index (χ4v) is 1.98. The maximum atomic E-state index is 12.3. The van der Waals surface area contributed by atoms with Crippen LogP contribution in [0.4, 0.5) is 5.69 Å². The summed E-state index contributed by atoms with van der Waals surface area (Å²) in [6.07, 6.45) is 1.47. The van der Waals surface area contributed by atoms with Crippen LogP contribution in [0.2, 0.25) is 0 Å². The summed E-state index contributed by atoms with van der Waals surface area (Å²) in [6.45, 7) is 7.59. The molecule has 4 nitrogen and oxygen atoms in total. The van der Waals surface area contributed by atoms with E-state index in [0.717, 1.165) is 16.8 Å². The standard InChI is InChI=1S/C15H17N3O/c1-9-5-6-10(2)13(7-9)18-15(19)14-11(3)16-8-17-12(14)4/h5-8H,1-4H3,(H,18,19). The van der Waals surface area contributed by atoms with Crippen LogP contribution in [-0.4, -0.2) is 15.9 Å². The molecule has 19 heavy (non-hydrogen) atoms. The highest BCUT2D eigenvalue weighted by Gasteiger charge is 2.14. The molecule has 0 aliphatic carbocycles. The third kappa shape index (κ3) is 2.78. The molecule has 1 aromatic carbocycles. The molecule has 0 spiro atoms. The molecule has 2 rings (SSSR count). The van der Waals surface area contributed by atoms with Crippen LogP contribution in [0.25, 0.3) is 0 Å². The van der Waals surface area contributed by atoms with Crippen molar-refractivity contribution >= 4 is 11.6 Å². The second-order valence-corrected chi connectivity index (χ2v) is 4.69. The molecule has 2 aromatic rings. The zero-order chi connectivity index (χ0) is 14.0. The van der Waals surface area contributed by atoms with Gasteiger partial charge in [0.25, 0.3) is 5.91 Å². The number of hydrogen-bond acceptors (Lipinski definition) is 3. The molecule has 0 saturated carbocycles. The largest absolute Gasteiger partial charge is 0.322 e. The molecule has 0 atom stereocenters. The molecule has 0 fully saturated rings. The van der Waals surface area contributed by atoms with Crippen LogP contribution in [0.15, 0.2) is 24.5 Å². The monoisotopic (exact) mass is 255 g/mol. The Morgan fingerprint density at radius 1 is 1.05 bits per heavy atom. The highest BCUT2D eigenvalue weighted by molar-refractivity contribution is 6.06. The SMILES string of the molecule is Cc1ccc(C)c(NC(=O)c2c(C)ncnc2C)c1. The first-order valence-electron chi connectivity index (χ1n) is 6.16. The van der Waals surface area contributed by atoms with Crippen LogP contribution in [0.1, 0.15) is 32.9 Å². The molecular formula is C15H17N3O. The second-order valence-electron chi connectivity index (χ2n) is 4.69. The number of aryl methyl sites for hydroxylation is 4. The Labute approximate surface area is 112 Å². The Bertz CT molecular complexity index is 615. The predicted molar refractivity (Wildman–Crippen MR) is 75.4 cm³/mol. The molecular weight excluding hydrogens is 238 g/mol. The Morgan fingerprint density at radius 2 is 1.68 bits per heavy atom. The Balaban J connectivity index is 2.34. The van der Waals surface area contributed by atoms with E-state index in [1.807, 2.05) is 45.9 Å². The van der Waals surface area contributed by atoms with Gasteiger partial charge in [-0.1, -0.05) is 12.1 Å². The molecule has 4 heteroatoms. The second kappa shape index (κ2) is 5.18. The number of aromatic nitrogens is 2. The van der Waals surface area contributed by atoms with E-state index in [4.69, 9.17) is 0 Å². The van der Waals surface area contributed by atoms with Crippen LogP contribution in [-0.2, 0) is 0 Å². The maximum absolute atomic E-state index is 12.3. The zero-order valence-electron chi connectivity index (χ0n) is 11.6. The van der Waals surface area contributed by atoms with E-state index < -0.39 is 0 Å². The van der Waals surface area contributed by atoms with Crippen molar-refractivity contribution in [1.82, 2.24) is 9.97 Å². The van der Waals surface area contributed by atoms with Gasteiger partial charge in [-0.3, -0.25) is 4.79 Å². The average molecular weight is 255 g/mol. The van der Waals surface area contributed by atoms with Crippen LogP contribution < -0.4 is 5.32 Å². The minimum absolute atomic E-state index is 0.163. The van der Waals surface area contributed by atoms with E-state index in [1.165, 1.54) is 6.33 Å². The lowest BCUT2D eigenvalue weighted by Gasteiger charge is -2.11. The van der Waals surface area contributed by atoms with E-state index >= 15 is 0 Å². The van der Waals surface area contributed by atoms with Crippen molar-refractivity contribution in [2.24, 2.45) is 0 Å². The van der Waals surface area contributed by atoms with Crippen molar-refractivity contribution in [1.29, 1.82) is 0 Å². The molecule has 0 unspecified atom stereocenters. The molecule has 1 amide bonds. The fraction of sp³-hybridized carbons (Fsp3) is 0.267. The van der Waals surface area contributed by atoms with Crippen LogP contribution >= 0.6 is 0 Å². The number of carbonyl (C=O) groups excluding carboxylic acids is 1. The van der Waals surface area contributed by atoms with Gasteiger partial charge in [0.05, 0.1) is 17.0 Å². The van der Waals surface area contributed by atoms with Crippen molar-refractivity contribution in [2.45, 2.75) is 27.7 Å². The Morgan fingerprint density at radius 3 is 2.32 bits per heavy atom. The predicted octanol–water partition coefficient (Wildman–Crippen LogP) is 2.96. The first-order chi connectivity index (χ1) is 8.99. The summed E-state index contributed by atoms with van der Waals surface area (Å²) in [5.41, 5.74) is 4.89. The normalized spacial score (nSPS) is 10.3. The van der Waals surface area contributed by atoms with Gasteiger partial charge in [0.2, 0.25) is 0 Å². The summed E-state index contributed by atoms with van der Waals surface area (Å²) in [4.78, 5) is 20.5. The van der Waals surface area contributed by atoms with Gasteiger partial charge in [-0.05, 0) is 44.9 Å². The van der Waals surface area contributed by atoms with E-state index in [2.05, 4.69) is 15.3 Å². The van der Waals surface area contributed by atoms with Crippen LogP contribution in [0.3, 0.4) is 0 Å². The van der Waals surface area contributed by atoms with Gasteiger partial charge in [0, 0.05) is 5.69 Å². The summed E-state index contributed by atoms with van der Waals surface area (Å²) < 4.78 is 0. The number of nitrogens with zero attached hydrogens (tertiary/aromatic N) is 2. The third-order valence-corrected chi connectivity index (χ3v) is 3.09. The fourth-order valence-electron chi connectivity index (χ4n) is 1.98. The molecule has 0 saturated heterocycles. The van der Waals surface area contributed by atoms with Gasteiger partial charge in [0.15, 0.2) is 0 Å². The molecule has 1 heterocycles. The van der Waals surface area contributed by atoms with Gasteiger partial charge >= 0.3 is 0 Å². The summed E-state index contributed by atoms with van der Waals surface area (Å²) in [5.74, 6) is -0.163. The van der Waals surface area contributed by atoms with Gasteiger partial charge in [-0.2, -0.15) is 0 Å². The van der Waals surface area contributed by atoms with Crippen molar-refractivity contribution in [3.05, 3.63) is 52.6 Å². The number of nitrogens with one attached hydrogen (secondary N) is 1. The van der Waals surface area contributed by atoms with E-state index in [1.54, 1.807) is 0 Å². The summed E-state index contributed by atoms with van der Waals surface area (Å²) in [6, 6.07) is 5.97. The number of benzene rings is 1. The number of carbonyl (C=O) groups is 1. The lowest BCUT2D eigenvalue weighted by Crippen LogP contribution is -2.17. The van der Waals surface area contributed by atoms with Crippen molar-refractivity contribution in [3.8, 4) is 0 Å². The molecule has 1 N–H and O–H groups in total. The van der Waals surface area contributed by atoms with Crippen molar-refractivity contribution in [2.75, 3.05) is 5.32 Å². The van der Waals surface area contributed by atoms with E-state index in [-0.39, 0.29) is 5.91 Å². The quantitative estimate of drug-likeness (QED) is 0.897. The zero-order valence-corrected chi connectivity index (χ0v) is 11.6. The van der Waals surface area contributed by atoms with Gasteiger partial charge in [0.1, 0.15) is 6.33 Å². The molecule has 1 aromatic heterocycles. The van der Waals surface area contributed by atoms with Crippen LogP contribution in [0, 0.1) is 27.7 Å². The molecule has 0 bridgehead atoms. The first kappa shape index (κ1) is 13.2.